The SMILES string of the molecule is CC(CO)c1cc(I)cc(C2CC2)c1. The third-order valence-corrected chi connectivity index (χ3v) is 3.46. The fourth-order valence-corrected chi connectivity index (χ4v) is 2.40. The van der Waals surface area contributed by atoms with E-state index in [0.29, 0.717) is 0 Å². The van der Waals surface area contributed by atoms with Crippen molar-refractivity contribution in [1.29, 1.82) is 0 Å². The third-order valence-electron chi connectivity index (χ3n) is 2.83. The molecule has 1 aromatic carbocycles. The maximum absolute atomic E-state index is 9.12. The van der Waals surface area contributed by atoms with E-state index in [1.807, 2.05) is 0 Å². The summed E-state index contributed by atoms with van der Waals surface area (Å²) in [5.41, 5.74) is 2.74. The van der Waals surface area contributed by atoms with Gasteiger partial charge >= 0.3 is 0 Å². The molecule has 1 nitrogen and oxygen atoms in total. The lowest BCUT2D eigenvalue weighted by Crippen LogP contribution is -2.00. The number of benzene rings is 1. The first-order valence-electron chi connectivity index (χ1n) is 5.12. The standard InChI is InChI=1S/C12H15IO/c1-8(7-14)10-4-11(9-2-3-9)6-12(13)5-10/h4-6,8-9,14H,2-3,7H2,1H3. The minimum absolute atomic E-state index is 0.240. The van der Waals surface area contributed by atoms with Crippen molar-refractivity contribution in [2.75, 3.05) is 6.61 Å². The molecule has 1 saturated carbocycles. The van der Waals surface area contributed by atoms with Crippen molar-refractivity contribution >= 4 is 22.6 Å². The molecule has 2 rings (SSSR count). The van der Waals surface area contributed by atoms with Crippen LogP contribution in [0.4, 0.5) is 0 Å². The third kappa shape index (κ3) is 2.28. The van der Waals surface area contributed by atoms with Crippen molar-refractivity contribution in [2.24, 2.45) is 0 Å². The van der Waals surface area contributed by atoms with Crippen LogP contribution in [0.1, 0.15) is 42.7 Å². The second-order valence-electron chi connectivity index (χ2n) is 4.18. The van der Waals surface area contributed by atoms with Gasteiger partial charge < -0.3 is 5.11 Å². The summed E-state index contributed by atoms with van der Waals surface area (Å²) in [4.78, 5) is 0. The Morgan fingerprint density at radius 2 is 2.14 bits per heavy atom. The molecule has 1 aromatic rings. The van der Waals surface area contributed by atoms with Gasteiger partial charge in [0.05, 0.1) is 0 Å². The number of hydrogen-bond donors (Lipinski definition) is 1. The van der Waals surface area contributed by atoms with E-state index in [4.69, 9.17) is 5.11 Å². The van der Waals surface area contributed by atoms with Gasteiger partial charge in [-0.3, -0.25) is 0 Å². The van der Waals surface area contributed by atoms with E-state index in [1.165, 1.54) is 27.5 Å². The molecule has 0 saturated heterocycles. The minimum atomic E-state index is 0.240. The maximum atomic E-state index is 9.12. The fourth-order valence-electron chi connectivity index (χ4n) is 1.68. The van der Waals surface area contributed by atoms with Crippen LogP contribution in [0.2, 0.25) is 0 Å². The average Bonchev–Trinajstić information content (AvgIpc) is 2.98. The summed E-state index contributed by atoms with van der Waals surface area (Å²) >= 11 is 2.36. The van der Waals surface area contributed by atoms with Crippen molar-refractivity contribution < 1.29 is 5.11 Å². The van der Waals surface area contributed by atoms with E-state index in [2.05, 4.69) is 47.7 Å². The molecule has 1 fully saturated rings. The number of aliphatic hydroxyl groups is 1. The molecule has 14 heavy (non-hydrogen) atoms. The lowest BCUT2D eigenvalue weighted by Gasteiger charge is -2.11. The number of halogens is 1. The van der Waals surface area contributed by atoms with Gasteiger partial charge in [0.25, 0.3) is 0 Å². The molecular weight excluding hydrogens is 287 g/mol. The molecule has 1 aliphatic rings. The van der Waals surface area contributed by atoms with E-state index in [-0.39, 0.29) is 12.5 Å². The molecule has 0 amide bonds. The van der Waals surface area contributed by atoms with Crippen LogP contribution in [0.15, 0.2) is 18.2 Å². The van der Waals surface area contributed by atoms with Crippen molar-refractivity contribution in [2.45, 2.75) is 31.6 Å². The summed E-state index contributed by atoms with van der Waals surface area (Å²) in [6.07, 6.45) is 2.68. The highest BCUT2D eigenvalue weighted by Crippen LogP contribution is 2.41. The minimum Gasteiger partial charge on any atom is -0.396 e. The van der Waals surface area contributed by atoms with Gasteiger partial charge in [0, 0.05) is 16.1 Å². The first-order chi connectivity index (χ1) is 6.70. The zero-order valence-electron chi connectivity index (χ0n) is 8.33. The van der Waals surface area contributed by atoms with Gasteiger partial charge in [0.1, 0.15) is 0 Å². The molecule has 0 bridgehead atoms. The average molecular weight is 302 g/mol. The van der Waals surface area contributed by atoms with Crippen LogP contribution in [0.3, 0.4) is 0 Å². The first kappa shape index (κ1) is 10.4. The van der Waals surface area contributed by atoms with Gasteiger partial charge in [-0.1, -0.05) is 13.0 Å². The Hall–Kier alpha value is -0.0900. The largest absolute Gasteiger partial charge is 0.396 e. The van der Waals surface area contributed by atoms with Crippen molar-refractivity contribution in [3.63, 3.8) is 0 Å². The fraction of sp³-hybridized carbons (Fsp3) is 0.500. The van der Waals surface area contributed by atoms with Crippen LogP contribution >= 0.6 is 22.6 Å². The van der Waals surface area contributed by atoms with E-state index < -0.39 is 0 Å². The topological polar surface area (TPSA) is 20.2 Å². The Bertz CT molecular complexity index is 331. The Balaban J connectivity index is 2.30. The van der Waals surface area contributed by atoms with E-state index in [0.717, 1.165) is 5.92 Å². The lowest BCUT2D eigenvalue weighted by molar-refractivity contribution is 0.273. The maximum Gasteiger partial charge on any atom is 0.0497 e. The molecular formula is C12H15IO. The second-order valence-corrected chi connectivity index (χ2v) is 5.42. The van der Waals surface area contributed by atoms with Gasteiger partial charge in [-0.2, -0.15) is 0 Å². The van der Waals surface area contributed by atoms with Gasteiger partial charge in [-0.25, -0.2) is 0 Å². The predicted octanol–water partition coefficient (Wildman–Crippen LogP) is 3.26. The zero-order valence-corrected chi connectivity index (χ0v) is 10.5. The molecule has 1 unspecified atom stereocenters. The van der Waals surface area contributed by atoms with Crippen LogP contribution in [0, 0.1) is 3.57 Å². The lowest BCUT2D eigenvalue weighted by atomic mass is 9.98. The Morgan fingerprint density at radius 3 is 2.71 bits per heavy atom. The number of hydrogen-bond acceptors (Lipinski definition) is 1. The molecule has 0 radical (unpaired) electrons. The van der Waals surface area contributed by atoms with Crippen LogP contribution in [0.5, 0.6) is 0 Å². The number of aliphatic hydroxyl groups excluding tert-OH is 1. The predicted molar refractivity (Wildman–Crippen MR) is 66.6 cm³/mol. The smallest absolute Gasteiger partial charge is 0.0497 e. The number of rotatable bonds is 3. The summed E-state index contributed by atoms with van der Waals surface area (Å²) in [5, 5.41) is 9.12. The first-order valence-corrected chi connectivity index (χ1v) is 6.20. The Labute approximate surface area is 98.7 Å². The van der Waals surface area contributed by atoms with E-state index in [1.54, 1.807) is 0 Å². The monoisotopic (exact) mass is 302 g/mol. The Morgan fingerprint density at radius 1 is 1.43 bits per heavy atom. The highest BCUT2D eigenvalue weighted by atomic mass is 127. The van der Waals surface area contributed by atoms with E-state index in [9.17, 15) is 0 Å². The molecule has 0 aliphatic heterocycles. The summed E-state index contributed by atoms with van der Waals surface area (Å²) in [6.45, 7) is 2.31. The van der Waals surface area contributed by atoms with Gasteiger partial charge in [0.15, 0.2) is 0 Å². The quantitative estimate of drug-likeness (QED) is 0.850. The van der Waals surface area contributed by atoms with Gasteiger partial charge in [-0.05, 0) is 64.6 Å². The van der Waals surface area contributed by atoms with Crippen molar-refractivity contribution in [3.05, 3.63) is 32.9 Å². The van der Waals surface area contributed by atoms with E-state index >= 15 is 0 Å². The molecule has 1 N–H and O–H groups in total. The molecule has 2 heteroatoms. The molecule has 0 heterocycles. The normalized spacial score (nSPS) is 18.2. The highest BCUT2D eigenvalue weighted by molar-refractivity contribution is 14.1. The van der Waals surface area contributed by atoms with Crippen molar-refractivity contribution in [1.82, 2.24) is 0 Å². The second kappa shape index (κ2) is 4.19. The molecule has 0 aromatic heterocycles. The summed E-state index contributed by atoms with van der Waals surface area (Å²) in [5.74, 6) is 1.07. The molecule has 1 atom stereocenters. The zero-order chi connectivity index (χ0) is 10.1. The van der Waals surface area contributed by atoms with Crippen LogP contribution in [-0.4, -0.2) is 11.7 Å². The summed E-state index contributed by atoms with van der Waals surface area (Å²) < 4.78 is 1.29. The van der Waals surface area contributed by atoms with Crippen LogP contribution in [0.25, 0.3) is 0 Å². The summed E-state index contributed by atoms with van der Waals surface area (Å²) in [6, 6.07) is 6.71. The molecule has 0 spiro atoms. The molecule has 76 valence electrons. The van der Waals surface area contributed by atoms with Crippen LogP contribution in [-0.2, 0) is 0 Å². The Kier molecular flexibility index (Phi) is 3.12. The van der Waals surface area contributed by atoms with Gasteiger partial charge in [-0.15, -0.1) is 0 Å². The van der Waals surface area contributed by atoms with Crippen LogP contribution < -0.4 is 0 Å². The molecule has 1 aliphatic carbocycles. The van der Waals surface area contributed by atoms with Crippen molar-refractivity contribution in [3.8, 4) is 0 Å². The summed E-state index contributed by atoms with van der Waals surface area (Å²) in [7, 11) is 0. The highest BCUT2D eigenvalue weighted by Gasteiger charge is 2.24. The van der Waals surface area contributed by atoms with Gasteiger partial charge in [0.2, 0.25) is 0 Å².